The normalized spacial score (nSPS) is 10.7. The van der Waals surface area contributed by atoms with Crippen molar-refractivity contribution in [2.45, 2.75) is 0 Å². The number of methoxy groups -OCH3 is 2. The molecule has 1 N–H and O–H groups in total. The molecule has 0 saturated heterocycles. The summed E-state index contributed by atoms with van der Waals surface area (Å²) in [4.78, 5) is 16.7. The van der Waals surface area contributed by atoms with Crippen molar-refractivity contribution < 1.29 is 18.7 Å². The van der Waals surface area contributed by atoms with E-state index in [4.69, 9.17) is 21.1 Å². The predicted octanol–water partition coefficient (Wildman–Crippen LogP) is 4.36. The molecule has 0 aliphatic carbocycles. The van der Waals surface area contributed by atoms with E-state index in [0.29, 0.717) is 22.1 Å². The molecule has 3 rings (SSSR count). The number of nitrogens with one attached hydrogen (secondary N) is 1. The third kappa shape index (κ3) is 3.00. The molecule has 1 aromatic heterocycles. The number of benzene rings is 2. The van der Waals surface area contributed by atoms with Gasteiger partial charge in [-0.3, -0.25) is 10.1 Å². The molecule has 2 aromatic carbocycles. The molecule has 0 saturated carbocycles. The first-order valence-electron chi connectivity index (χ1n) is 6.81. The van der Waals surface area contributed by atoms with Crippen molar-refractivity contribution in [3.8, 4) is 11.5 Å². The molecule has 0 aliphatic heterocycles. The van der Waals surface area contributed by atoms with E-state index in [9.17, 15) is 9.18 Å². The number of halogens is 2. The van der Waals surface area contributed by atoms with E-state index in [1.165, 1.54) is 30.6 Å². The lowest BCUT2D eigenvalue weighted by Gasteiger charge is -2.03. The summed E-state index contributed by atoms with van der Waals surface area (Å²) in [5.74, 6) is 0.217. The van der Waals surface area contributed by atoms with Gasteiger partial charge in [-0.1, -0.05) is 22.9 Å². The Morgan fingerprint density at radius 1 is 1.21 bits per heavy atom. The van der Waals surface area contributed by atoms with Gasteiger partial charge in [-0.25, -0.2) is 9.37 Å². The van der Waals surface area contributed by atoms with Crippen LogP contribution < -0.4 is 14.8 Å². The number of aromatic nitrogens is 1. The Morgan fingerprint density at radius 3 is 2.58 bits per heavy atom. The zero-order valence-electron chi connectivity index (χ0n) is 12.7. The van der Waals surface area contributed by atoms with E-state index in [1.807, 2.05) is 0 Å². The highest BCUT2D eigenvalue weighted by Crippen LogP contribution is 2.39. The molecule has 0 unspecified atom stereocenters. The van der Waals surface area contributed by atoms with Gasteiger partial charge < -0.3 is 9.47 Å². The number of ether oxygens (including phenoxy) is 2. The number of thiazole rings is 1. The van der Waals surface area contributed by atoms with Crippen molar-refractivity contribution in [2.75, 3.05) is 19.5 Å². The summed E-state index contributed by atoms with van der Waals surface area (Å²) in [5, 5.41) is 3.05. The van der Waals surface area contributed by atoms with Gasteiger partial charge in [0.1, 0.15) is 27.5 Å². The van der Waals surface area contributed by atoms with Crippen LogP contribution in [0.4, 0.5) is 9.52 Å². The molecule has 24 heavy (non-hydrogen) atoms. The first kappa shape index (κ1) is 16.5. The lowest BCUT2D eigenvalue weighted by Crippen LogP contribution is -2.12. The minimum atomic E-state index is -0.508. The SMILES string of the molecule is COc1ccc(OC)c2sc(NC(=O)c3ccc(F)cc3Cl)nc12. The molecule has 1 heterocycles. The summed E-state index contributed by atoms with van der Waals surface area (Å²) in [6, 6.07) is 7.08. The van der Waals surface area contributed by atoms with Crippen molar-refractivity contribution >= 4 is 44.2 Å². The minimum absolute atomic E-state index is 0.0313. The van der Waals surface area contributed by atoms with E-state index in [2.05, 4.69) is 10.3 Å². The molecule has 8 heteroatoms. The lowest BCUT2D eigenvalue weighted by atomic mass is 10.2. The largest absolute Gasteiger partial charge is 0.495 e. The van der Waals surface area contributed by atoms with Crippen molar-refractivity contribution in [1.82, 2.24) is 4.98 Å². The summed E-state index contributed by atoms with van der Waals surface area (Å²) >= 11 is 7.15. The quantitative estimate of drug-likeness (QED) is 0.745. The van der Waals surface area contributed by atoms with Gasteiger partial charge in [-0.15, -0.1) is 0 Å². The molecule has 1 amide bonds. The van der Waals surface area contributed by atoms with Crippen LogP contribution in [-0.2, 0) is 0 Å². The predicted molar refractivity (Wildman–Crippen MR) is 92.1 cm³/mol. The number of rotatable bonds is 4. The van der Waals surface area contributed by atoms with E-state index in [0.717, 1.165) is 10.8 Å². The van der Waals surface area contributed by atoms with E-state index in [1.54, 1.807) is 19.2 Å². The van der Waals surface area contributed by atoms with Crippen LogP contribution in [0.1, 0.15) is 10.4 Å². The summed E-state index contributed by atoms with van der Waals surface area (Å²) in [6.07, 6.45) is 0. The molecule has 124 valence electrons. The number of amides is 1. The van der Waals surface area contributed by atoms with Crippen LogP contribution in [0, 0.1) is 5.82 Å². The van der Waals surface area contributed by atoms with Crippen LogP contribution in [0.3, 0.4) is 0 Å². The first-order chi connectivity index (χ1) is 11.5. The van der Waals surface area contributed by atoms with Crippen LogP contribution in [-0.4, -0.2) is 25.1 Å². The fourth-order valence-electron chi connectivity index (χ4n) is 2.18. The third-order valence-corrected chi connectivity index (χ3v) is 4.60. The molecule has 5 nitrogen and oxygen atoms in total. The molecular formula is C16H12ClFN2O3S. The van der Waals surface area contributed by atoms with Gasteiger partial charge in [0.15, 0.2) is 5.13 Å². The van der Waals surface area contributed by atoms with Gasteiger partial charge >= 0.3 is 0 Å². The van der Waals surface area contributed by atoms with Crippen LogP contribution in [0.25, 0.3) is 10.2 Å². The van der Waals surface area contributed by atoms with Crippen LogP contribution in [0.5, 0.6) is 11.5 Å². The molecule has 3 aromatic rings. The molecule has 0 atom stereocenters. The second kappa shape index (κ2) is 6.62. The Balaban J connectivity index is 1.96. The van der Waals surface area contributed by atoms with Crippen molar-refractivity contribution in [3.63, 3.8) is 0 Å². The summed E-state index contributed by atoms with van der Waals surface area (Å²) in [6.45, 7) is 0. The zero-order valence-corrected chi connectivity index (χ0v) is 14.3. The van der Waals surface area contributed by atoms with Gasteiger partial charge in [0.25, 0.3) is 5.91 Å². The number of carbonyl (C=O) groups is 1. The van der Waals surface area contributed by atoms with Crippen molar-refractivity contribution in [2.24, 2.45) is 0 Å². The van der Waals surface area contributed by atoms with E-state index < -0.39 is 11.7 Å². The number of fused-ring (bicyclic) bond motifs is 1. The smallest absolute Gasteiger partial charge is 0.258 e. The Morgan fingerprint density at radius 2 is 1.92 bits per heavy atom. The Hall–Kier alpha value is -2.38. The molecule has 0 radical (unpaired) electrons. The van der Waals surface area contributed by atoms with Gasteiger partial charge in [0, 0.05) is 0 Å². The maximum Gasteiger partial charge on any atom is 0.258 e. The maximum absolute atomic E-state index is 13.1. The summed E-state index contributed by atoms with van der Waals surface area (Å²) < 4.78 is 24.4. The topological polar surface area (TPSA) is 60.5 Å². The van der Waals surface area contributed by atoms with Crippen molar-refractivity contribution in [1.29, 1.82) is 0 Å². The minimum Gasteiger partial charge on any atom is -0.495 e. The lowest BCUT2D eigenvalue weighted by molar-refractivity contribution is 0.102. The maximum atomic E-state index is 13.1. The molecule has 0 spiro atoms. The molecular weight excluding hydrogens is 355 g/mol. The van der Waals surface area contributed by atoms with E-state index >= 15 is 0 Å². The van der Waals surface area contributed by atoms with Gasteiger partial charge in [0.2, 0.25) is 0 Å². The third-order valence-electron chi connectivity index (χ3n) is 3.31. The Labute approximate surface area is 146 Å². The zero-order chi connectivity index (χ0) is 17.3. The van der Waals surface area contributed by atoms with Gasteiger partial charge in [-0.05, 0) is 30.3 Å². The number of nitrogens with zero attached hydrogens (tertiary/aromatic N) is 1. The second-order valence-electron chi connectivity index (χ2n) is 4.75. The summed E-state index contributed by atoms with van der Waals surface area (Å²) in [5.41, 5.74) is 0.749. The van der Waals surface area contributed by atoms with Crippen LogP contribution in [0.2, 0.25) is 5.02 Å². The highest BCUT2D eigenvalue weighted by Gasteiger charge is 2.17. The van der Waals surface area contributed by atoms with E-state index in [-0.39, 0.29) is 10.6 Å². The highest BCUT2D eigenvalue weighted by atomic mass is 35.5. The average molecular weight is 367 g/mol. The van der Waals surface area contributed by atoms with Gasteiger partial charge in [-0.2, -0.15) is 0 Å². The Kier molecular flexibility index (Phi) is 4.55. The van der Waals surface area contributed by atoms with Crippen LogP contribution in [0.15, 0.2) is 30.3 Å². The highest BCUT2D eigenvalue weighted by molar-refractivity contribution is 7.22. The second-order valence-corrected chi connectivity index (χ2v) is 6.15. The molecule has 0 fully saturated rings. The number of anilines is 1. The average Bonchev–Trinajstić information content (AvgIpc) is 2.97. The number of carbonyl (C=O) groups excluding carboxylic acids is 1. The molecule has 0 bridgehead atoms. The first-order valence-corrected chi connectivity index (χ1v) is 8.01. The van der Waals surface area contributed by atoms with Crippen molar-refractivity contribution in [3.05, 3.63) is 46.7 Å². The fourth-order valence-corrected chi connectivity index (χ4v) is 3.40. The Bertz CT molecular complexity index is 888. The summed E-state index contributed by atoms with van der Waals surface area (Å²) in [7, 11) is 3.09. The number of hydrogen-bond donors (Lipinski definition) is 1. The monoisotopic (exact) mass is 366 g/mol. The number of hydrogen-bond acceptors (Lipinski definition) is 5. The van der Waals surface area contributed by atoms with Gasteiger partial charge in [0.05, 0.1) is 24.8 Å². The standard InChI is InChI=1S/C16H12ClFN2O3S/c1-22-11-5-6-12(23-2)14-13(11)19-16(24-14)20-15(21)9-4-3-8(18)7-10(9)17/h3-7H,1-2H3,(H,19,20,21). The van der Waals surface area contributed by atoms with Crippen LogP contribution >= 0.6 is 22.9 Å². The fraction of sp³-hybridized carbons (Fsp3) is 0.125. The molecule has 0 aliphatic rings.